The molecule has 1 aromatic rings. The summed E-state index contributed by atoms with van der Waals surface area (Å²) in [5.41, 5.74) is 1.17. The van der Waals surface area contributed by atoms with Crippen LogP contribution in [0.5, 0.6) is 5.75 Å². The van der Waals surface area contributed by atoms with Crippen LogP contribution in [-0.4, -0.2) is 55.9 Å². The monoisotopic (exact) mass is 362 g/mol. The van der Waals surface area contributed by atoms with E-state index in [1.807, 2.05) is 6.07 Å². The third-order valence-corrected chi connectivity index (χ3v) is 6.30. The topological polar surface area (TPSA) is 33.7 Å². The molecule has 1 N–H and O–H groups in total. The molecule has 0 amide bonds. The Balaban J connectivity index is 1.36. The fraction of sp³-hybridized carbons (Fsp3) is 0.714. The van der Waals surface area contributed by atoms with E-state index in [0.29, 0.717) is 18.6 Å². The second-order valence-corrected chi connectivity index (χ2v) is 8.15. The lowest BCUT2D eigenvalue weighted by Gasteiger charge is -2.40. The van der Waals surface area contributed by atoms with Crippen molar-refractivity contribution in [2.24, 2.45) is 0 Å². The van der Waals surface area contributed by atoms with Crippen molar-refractivity contribution >= 4 is 0 Å². The lowest BCUT2D eigenvalue weighted by molar-refractivity contribution is -0.0367. The first-order chi connectivity index (χ1) is 12.7. The molecule has 1 aromatic carbocycles. The van der Waals surface area contributed by atoms with E-state index in [-0.39, 0.29) is 11.4 Å². The molecule has 3 fully saturated rings. The third kappa shape index (κ3) is 3.75. The largest absolute Gasteiger partial charge is 0.493 e. The minimum atomic E-state index is -0.158. The summed E-state index contributed by atoms with van der Waals surface area (Å²) in [7, 11) is 0. The summed E-state index contributed by atoms with van der Waals surface area (Å²) in [6.07, 6.45) is 5.42. The first-order valence-corrected chi connectivity index (χ1v) is 10.2. The highest BCUT2D eigenvalue weighted by molar-refractivity contribution is 5.37. The number of rotatable bonds is 6. The van der Waals surface area contributed by atoms with Gasteiger partial charge < -0.3 is 14.8 Å². The fourth-order valence-corrected chi connectivity index (χ4v) is 4.58. The van der Waals surface area contributed by atoms with Crippen molar-refractivity contribution in [1.29, 1.82) is 0 Å². The zero-order valence-corrected chi connectivity index (χ0v) is 15.8. The Morgan fingerprint density at radius 1 is 1.31 bits per heavy atom. The Morgan fingerprint density at radius 2 is 2.12 bits per heavy atom. The van der Waals surface area contributed by atoms with Crippen molar-refractivity contribution in [1.82, 2.24) is 10.2 Å². The number of hydrogen-bond donors (Lipinski definition) is 1. The van der Waals surface area contributed by atoms with Gasteiger partial charge in [0.15, 0.2) is 0 Å². The SMILES string of the molecule is CCCCOc1ccc(F)cc1C1CCN([C@@H]2COC3(CNC3)C2)CC1. The molecule has 26 heavy (non-hydrogen) atoms. The van der Waals surface area contributed by atoms with Gasteiger partial charge in [-0.2, -0.15) is 0 Å². The molecule has 5 heteroatoms. The Labute approximate surface area is 156 Å². The third-order valence-electron chi connectivity index (χ3n) is 6.30. The molecule has 0 bridgehead atoms. The predicted molar refractivity (Wildman–Crippen MR) is 100 cm³/mol. The van der Waals surface area contributed by atoms with Crippen LogP contribution in [-0.2, 0) is 4.74 Å². The second-order valence-electron chi connectivity index (χ2n) is 8.15. The van der Waals surface area contributed by atoms with Crippen LogP contribution in [0.25, 0.3) is 0 Å². The fourth-order valence-electron chi connectivity index (χ4n) is 4.58. The molecule has 3 saturated heterocycles. The minimum Gasteiger partial charge on any atom is -0.493 e. The maximum absolute atomic E-state index is 13.9. The summed E-state index contributed by atoms with van der Waals surface area (Å²) >= 11 is 0. The zero-order chi connectivity index (χ0) is 18.0. The van der Waals surface area contributed by atoms with Gasteiger partial charge >= 0.3 is 0 Å². The molecule has 0 saturated carbocycles. The van der Waals surface area contributed by atoms with Crippen molar-refractivity contribution in [3.63, 3.8) is 0 Å². The van der Waals surface area contributed by atoms with Crippen molar-refractivity contribution in [3.8, 4) is 5.75 Å². The summed E-state index contributed by atoms with van der Waals surface area (Å²) < 4.78 is 25.9. The van der Waals surface area contributed by atoms with E-state index in [4.69, 9.17) is 9.47 Å². The van der Waals surface area contributed by atoms with E-state index < -0.39 is 0 Å². The number of nitrogens with zero attached hydrogens (tertiary/aromatic N) is 1. The summed E-state index contributed by atoms with van der Waals surface area (Å²) in [6, 6.07) is 5.56. The van der Waals surface area contributed by atoms with Gasteiger partial charge in [-0.15, -0.1) is 0 Å². The van der Waals surface area contributed by atoms with Gasteiger partial charge in [-0.25, -0.2) is 4.39 Å². The van der Waals surface area contributed by atoms with Crippen molar-refractivity contribution in [3.05, 3.63) is 29.6 Å². The molecule has 0 aromatic heterocycles. The van der Waals surface area contributed by atoms with Gasteiger partial charge in [-0.05, 0) is 62.9 Å². The van der Waals surface area contributed by atoms with Crippen LogP contribution in [0.15, 0.2) is 18.2 Å². The average molecular weight is 362 g/mol. The second kappa shape index (κ2) is 7.83. The maximum Gasteiger partial charge on any atom is 0.123 e. The number of ether oxygens (including phenoxy) is 2. The molecule has 1 atom stereocenters. The molecule has 0 aliphatic carbocycles. The lowest BCUT2D eigenvalue weighted by Crippen LogP contribution is -2.59. The van der Waals surface area contributed by atoms with Gasteiger partial charge in [-0.3, -0.25) is 4.90 Å². The number of piperidine rings is 1. The van der Waals surface area contributed by atoms with Gasteiger partial charge in [0.1, 0.15) is 11.6 Å². The summed E-state index contributed by atoms with van der Waals surface area (Å²) in [4.78, 5) is 2.58. The Hall–Kier alpha value is -1.17. The number of likely N-dealkylation sites (tertiary alicyclic amines) is 1. The van der Waals surface area contributed by atoms with Crippen LogP contribution in [0.3, 0.4) is 0 Å². The molecule has 4 rings (SSSR count). The van der Waals surface area contributed by atoms with Crippen LogP contribution < -0.4 is 10.1 Å². The van der Waals surface area contributed by atoms with Crippen molar-refractivity contribution < 1.29 is 13.9 Å². The van der Waals surface area contributed by atoms with Crippen LogP contribution in [0.2, 0.25) is 0 Å². The maximum atomic E-state index is 13.9. The summed E-state index contributed by atoms with van der Waals surface area (Å²) in [5, 5.41) is 3.34. The Bertz CT molecular complexity index is 612. The van der Waals surface area contributed by atoms with Gasteiger partial charge in [0, 0.05) is 24.7 Å². The highest BCUT2D eigenvalue weighted by atomic mass is 19.1. The molecule has 3 aliphatic heterocycles. The summed E-state index contributed by atoms with van der Waals surface area (Å²) in [6.45, 7) is 7.85. The van der Waals surface area contributed by atoms with Crippen LogP contribution in [0, 0.1) is 5.82 Å². The first-order valence-electron chi connectivity index (χ1n) is 10.2. The molecule has 144 valence electrons. The first kappa shape index (κ1) is 18.2. The number of nitrogens with one attached hydrogen (secondary N) is 1. The standard InChI is InChI=1S/C21H31FN2O2/c1-2-3-10-25-20-5-4-17(22)11-19(20)16-6-8-24(9-7-16)18-12-21(26-13-18)14-23-15-21/h4-5,11,16,18,23H,2-3,6-10,12-15H2,1H3/t18-/m0/s1. The van der Waals surface area contributed by atoms with Crippen molar-refractivity contribution in [2.75, 3.05) is 39.4 Å². The van der Waals surface area contributed by atoms with Crippen LogP contribution in [0.4, 0.5) is 4.39 Å². The Kier molecular flexibility index (Phi) is 5.48. The molecular weight excluding hydrogens is 331 g/mol. The normalized spacial score (nSPS) is 26.2. The van der Waals surface area contributed by atoms with Crippen LogP contribution >= 0.6 is 0 Å². The van der Waals surface area contributed by atoms with E-state index in [1.165, 1.54) is 6.07 Å². The van der Waals surface area contributed by atoms with Gasteiger partial charge in [-0.1, -0.05) is 13.3 Å². The number of halogens is 1. The highest BCUT2D eigenvalue weighted by Crippen LogP contribution is 2.38. The summed E-state index contributed by atoms with van der Waals surface area (Å²) in [5.74, 6) is 1.11. The minimum absolute atomic E-state index is 0.115. The van der Waals surface area contributed by atoms with Gasteiger partial charge in [0.25, 0.3) is 0 Å². The zero-order valence-electron chi connectivity index (χ0n) is 15.8. The number of unbranched alkanes of at least 4 members (excludes halogenated alkanes) is 1. The lowest BCUT2D eigenvalue weighted by atomic mass is 9.86. The molecule has 4 nitrogen and oxygen atoms in total. The molecule has 3 aliphatic rings. The highest BCUT2D eigenvalue weighted by Gasteiger charge is 2.47. The Morgan fingerprint density at radius 3 is 2.77 bits per heavy atom. The van der Waals surface area contributed by atoms with Gasteiger partial charge in [0.05, 0.1) is 18.8 Å². The van der Waals surface area contributed by atoms with E-state index in [0.717, 1.165) is 76.2 Å². The van der Waals surface area contributed by atoms with E-state index >= 15 is 0 Å². The van der Waals surface area contributed by atoms with Crippen LogP contribution in [0.1, 0.15) is 50.5 Å². The molecule has 0 radical (unpaired) electrons. The predicted octanol–water partition coefficient (Wildman–Crippen LogP) is 3.31. The van der Waals surface area contributed by atoms with E-state index in [2.05, 4.69) is 17.1 Å². The quantitative estimate of drug-likeness (QED) is 0.787. The molecule has 1 spiro atoms. The van der Waals surface area contributed by atoms with Gasteiger partial charge in [0.2, 0.25) is 0 Å². The smallest absolute Gasteiger partial charge is 0.123 e. The average Bonchev–Trinajstić information content (AvgIpc) is 3.09. The number of benzene rings is 1. The van der Waals surface area contributed by atoms with E-state index in [9.17, 15) is 4.39 Å². The molecule has 0 unspecified atom stereocenters. The molecular formula is C21H31FN2O2. The van der Waals surface area contributed by atoms with E-state index in [1.54, 1.807) is 6.07 Å². The number of hydrogen-bond acceptors (Lipinski definition) is 4. The van der Waals surface area contributed by atoms with Crippen molar-refractivity contribution in [2.45, 2.75) is 56.6 Å². The molecule has 3 heterocycles.